The van der Waals surface area contributed by atoms with E-state index < -0.39 is 0 Å². The highest BCUT2D eigenvalue weighted by molar-refractivity contribution is 6.30. The molecule has 1 saturated carbocycles. The van der Waals surface area contributed by atoms with Gasteiger partial charge in [0.2, 0.25) is 0 Å². The van der Waals surface area contributed by atoms with Crippen LogP contribution in [-0.2, 0) is 6.42 Å². The van der Waals surface area contributed by atoms with Crippen LogP contribution >= 0.6 is 11.6 Å². The molecule has 0 radical (unpaired) electrons. The van der Waals surface area contributed by atoms with Crippen molar-refractivity contribution in [2.75, 3.05) is 5.43 Å². The van der Waals surface area contributed by atoms with E-state index >= 15 is 0 Å². The smallest absolute Gasteiger partial charge is 0.270 e. The van der Waals surface area contributed by atoms with Crippen LogP contribution in [0.5, 0.6) is 0 Å². The highest BCUT2D eigenvalue weighted by atomic mass is 35.5. The van der Waals surface area contributed by atoms with E-state index in [1.165, 1.54) is 23.9 Å². The van der Waals surface area contributed by atoms with Gasteiger partial charge in [-0.25, -0.2) is 9.66 Å². The fourth-order valence-electron chi connectivity index (χ4n) is 4.67. The minimum Gasteiger partial charge on any atom is -0.270 e. The number of hydrogen-bond donors (Lipinski definition) is 2. The first-order chi connectivity index (χ1) is 16.5. The number of nitrogens with one attached hydrogen (secondary N) is 2. The second-order valence-electron chi connectivity index (χ2n) is 8.99. The number of benzene rings is 2. The van der Waals surface area contributed by atoms with E-state index in [0.717, 1.165) is 24.0 Å². The minimum absolute atomic E-state index is 0.252. The quantitative estimate of drug-likeness (QED) is 0.412. The van der Waals surface area contributed by atoms with Crippen molar-refractivity contribution in [3.05, 3.63) is 80.9 Å². The molecule has 34 heavy (non-hydrogen) atoms. The summed E-state index contributed by atoms with van der Waals surface area (Å²) in [5.41, 5.74) is 6.04. The minimum atomic E-state index is -0.371. The lowest BCUT2D eigenvalue weighted by atomic mass is 9.87. The first-order valence-electron chi connectivity index (χ1n) is 11.6. The molecule has 2 aromatic heterocycles. The normalized spacial score (nSPS) is 14.4. The molecule has 1 aliphatic rings. The Hall–Kier alpha value is -3.45. The van der Waals surface area contributed by atoms with Crippen molar-refractivity contribution in [2.24, 2.45) is 5.92 Å². The van der Waals surface area contributed by atoms with E-state index in [9.17, 15) is 9.59 Å². The average molecular weight is 476 g/mol. The highest BCUT2D eigenvalue weighted by Crippen LogP contribution is 2.28. The molecule has 0 atom stereocenters. The number of rotatable bonds is 5. The summed E-state index contributed by atoms with van der Waals surface area (Å²) >= 11 is 6.04. The van der Waals surface area contributed by atoms with Gasteiger partial charge in [-0.3, -0.25) is 20.1 Å². The second-order valence-corrected chi connectivity index (χ2v) is 9.43. The zero-order chi connectivity index (χ0) is 23.7. The first kappa shape index (κ1) is 22.3. The third kappa shape index (κ3) is 4.48. The molecule has 174 valence electrons. The van der Waals surface area contributed by atoms with Gasteiger partial charge in [-0.2, -0.15) is 5.10 Å². The van der Waals surface area contributed by atoms with Crippen LogP contribution in [0.4, 0.5) is 0 Å². The summed E-state index contributed by atoms with van der Waals surface area (Å²) in [4.78, 5) is 31.4. The number of aromatic nitrogens is 4. The van der Waals surface area contributed by atoms with Crippen LogP contribution in [0.2, 0.25) is 5.02 Å². The van der Waals surface area contributed by atoms with Crippen molar-refractivity contribution < 1.29 is 4.79 Å². The van der Waals surface area contributed by atoms with Crippen LogP contribution in [0, 0.1) is 12.8 Å². The van der Waals surface area contributed by atoms with Crippen LogP contribution < -0.4 is 11.0 Å². The highest BCUT2D eigenvalue weighted by Gasteiger charge is 2.23. The number of H-pyrrole nitrogens is 1. The largest absolute Gasteiger partial charge is 0.298 e. The van der Waals surface area contributed by atoms with Crippen LogP contribution in [0.1, 0.15) is 53.8 Å². The zero-order valence-electron chi connectivity index (χ0n) is 19.0. The molecule has 1 aliphatic carbocycles. The Morgan fingerprint density at radius 3 is 2.65 bits per heavy atom. The lowest BCUT2D eigenvalue weighted by Crippen LogP contribution is -2.37. The van der Waals surface area contributed by atoms with Gasteiger partial charge in [0.1, 0.15) is 17.0 Å². The number of fused-ring (bicyclic) bond motifs is 1. The number of halogens is 1. The van der Waals surface area contributed by atoms with Gasteiger partial charge in [0, 0.05) is 22.6 Å². The molecule has 0 saturated heterocycles. The van der Waals surface area contributed by atoms with Gasteiger partial charge >= 0.3 is 0 Å². The molecule has 4 aromatic rings. The summed E-state index contributed by atoms with van der Waals surface area (Å²) in [7, 11) is 0. The number of aryl methyl sites for hydroxylation is 1. The van der Waals surface area contributed by atoms with Crippen LogP contribution in [0.25, 0.3) is 22.3 Å². The third-order valence-electron chi connectivity index (χ3n) is 6.46. The lowest BCUT2D eigenvalue weighted by Gasteiger charge is -2.22. The van der Waals surface area contributed by atoms with Crippen LogP contribution in [0.3, 0.4) is 0 Å². The van der Waals surface area contributed by atoms with Crippen LogP contribution in [0.15, 0.2) is 53.3 Å². The summed E-state index contributed by atoms with van der Waals surface area (Å²) in [6.07, 6.45) is 6.39. The Labute approximate surface area is 202 Å². The van der Waals surface area contributed by atoms with Gasteiger partial charge in [-0.05, 0) is 37.1 Å². The van der Waals surface area contributed by atoms with E-state index in [1.54, 1.807) is 24.3 Å². The molecule has 2 N–H and O–H groups in total. The fraction of sp³-hybridized carbons (Fsp3) is 0.308. The number of carbonyl (C=O) groups excluding carboxylic acids is 1. The Balaban J connectivity index is 1.60. The van der Waals surface area contributed by atoms with Gasteiger partial charge in [0.05, 0.1) is 0 Å². The van der Waals surface area contributed by atoms with Crippen molar-refractivity contribution in [2.45, 2.75) is 45.4 Å². The van der Waals surface area contributed by atoms with E-state index in [4.69, 9.17) is 16.6 Å². The maximum atomic E-state index is 13.5. The predicted molar refractivity (Wildman–Crippen MR) is 134 cm³/mol. The van der Waals surface area contributed by atoms with Crippen molar-refractivity contribution >= 4 is 28.5 Å². The topological polar surface area (TPSA) is 92.7 Å². The van der Waals surface area contributed by atoms with Crippen molar-refractivity contribution in [3.8, 4) is 11.3 Å². The summed E-state index contributed by atoms with van der Waals surface area (Å²) in [5, 5.41) is 7.83. The van der Waals surface area contributed by atoms with E-state index in [2.05, 4.69) is 15.6 Å². The molecule has 1 fully saturated rings. The molecule has 8 heteroatoms. The van der Waals surface area contributed by atoms with Gasteiger partial charge in [-0.1, -0.05) is 73.5 Å². The molecule has 5 rings (SSSR count). The van der Waals surface area contributed by atoms with E-state index in [1.807, 2.05) is 31.2 Å². The summed E-state index contributed by atoms with van der Waals surface area (Å²) in [6.45, 7) is 1.92. The Kier molecular flexibility index (Phi) is 6.20. The van der Waals surface area contributed by atoms with Gasteiger partial charge < -0.3 is 0 Å². The fourth-order valence-corrected chi connectivity index (χ4v) is 4.79. The number of amides is 1. The maximum absolute atomic E-state index is 13.5. The zero-order valence-corrected chi connectivity index (χ0v) is 19.7. The Morgan fingerprint density at radius 1 is 1.15 bits per heavy atom. The molecule has 7 nitrogen and oxygen atoms in total. The third-order valence-corrected chi connectivity index (χ3v) is 6.72. The molecule has 0 unspecified atom stereocenters. The second kappa shape index (κ2) is 9.43. The van der Waals surface area contributed by atoms with Gasteiger partial charge in [0.15, 0.2) is 5.52 Å². The summed E-state index contributed by atoms with van der Waals surface area (Å²) in [6, 6.07) is 14.5. The lowest BCUT2D eigenvalue weighted by molar-refractivity contribution is 0.101. The summed E-state index contributed by atoms with van der Waals surface area (Å²) in [5.74, 6) is 0.613. The molecule has 2 aromatic carbocycles. The molecule has 1 amide bonds. The van der Waals surface area contributed by atoms with E-state index in [-0.39, 0.29) is 17.0 Å². The predicted octanol–water partition coefficient (Wildman–Crippen LogP) is 5.26. The summed E-state index contributed by atoms with van der Waals surface area (Å²) < 4.78 is 1.30. The maximum Gasteiger partial charge on any atom is 0.298 e. The van der Waals surface area contributed by atoms with Gasteiger partial charge in [0.25, 0.3) is 11.5 Å². The molecule has 2 heterocycles. The molecular weight excluding hydrogens is 450 g/mol. The molecular formula is C26H26ClN5O2. The average Bonchev–Trinajstić information content (AvgIpc) is 3.26. The van der Waals surface area contributed by atoms with E-state index in [0.29, 0.717) is 40.0 Å². The van der Waals surface area contributed by atoms with Crippen molar-refractivity contribution in [1.29, 1.82) is 0 Å². The number of nitrogens with zero attached hydrogens (tertiary/aromatic N) is 3. The monoisotopic (exact) mass is 475 g/mol. The van der Waals surface area contributed by atoms with Gasteiger partial charge in [-0.15, -0.1) is 0 Å². The number of aromatic amines is 1. The van der Waals surface area contributed by atoms with Crippen LogP contribution in [-0.4, -0.2) is 25.8 Å². The first-order valence-corrected chi connectivity index (χ1v) is 12.0. The van der Waals surface area contributed by atoms with Crippen molar-refractivity contribution in [1.82, 2.24) is 19.9 Å². The number of hydrogen-bond acceptors (Lipinski definition) is 4. The Morgan fingerprint density at radius 2 is 1.91 bits per heavy atom. The SMILES string of the molecule is Cc1cccc(C(=O)Nn2c(CC3CCCCC3)nc3c(-c4ccc(Cl)cc4)n[nH]c3c2=O)c1. The molecule has 0 aliphatic heterocycles. The standard InChI is InChI=1S/C26H26ClN5O2/c1-16-6-5-9-19(14-16)25(33)31-32-21(15-17-7-3-2-4-8-17)28-23-22(29-30-24(23)26(32)34)18-10-12-20(27)13-11-18/h5-6,9-14,17H,2-4,7-8,15H2,1H3,(H,29,30)(H,31,33). The molecule has 0 spiro atoms. The Bertz CT molecular complexity index is 1400. The van der Waals surface area contributed by atoms with Crippen molar-refractivity contribution in [3.63, 3.8) is 0 Å². The molecule has 0 bridgehead atoms. The number of carbonyl (C=O) groups is 1.